The minimum atomic E-state index is -1.26. The Hall–Kier alpha value is -3.55. The summed E-state index contributed by atoms with van der Waals surface area (Å²) < 4.78 is 0. The topological polar surface area (TPSA) is 111 Å². The zero-order valence-corrected chi connectivity index (χ0v) is 19.4. The normalized spacial score (nSPS) is 11.8. The van der Waals surface area contributed by atoms with Crippen molar-refractivity contribution in [2.24, 2.45) is 5.16 Å². The minimum Gasteiger partial charge on any atom is -0.507 e. The number of carbonyl (C=O) groups excluding carboxylic acids is 1. The van der Waals surface area contributed by atoms with Gasteiger partial charge in [0, 0.05) is 36.1 Å². The highest BCUT2D eigenvalue weighted by molar-refractivity contribution is 6.48. The third-order valence-corrected chi connectivity index (χ3v) is 5.07. The van der Waals surface area contributed by atoms with Gasteiger partial charge >= 0.3 is 5.97 Å². The van der Waals surface area contributed by atoms with Crippen LogP contribution in [0.3, 0.4) is 0 Å². The van der Waals surface area contributed by atoms with Crippen LogP contribution in [0.15, 0.2) is 41.6 Å². The Morgan fingerprint density at radius 3 is 2.25 bits per heavy atom. The Labute approximate surface area is 188 Å². The second-order valence-corrected chi connectivity index (χ2v) is 8.27. The Balaban J connectivity index is 2.46. The van der Waals surface area contributed by atoms with Gasteiger partial charge in [0.1, 0.15) is 18.4 Å². The zero-order valence-electron chi connectivity index (χ0n) is 19.4. The van der Waals surface area contributed by atoms with Crippen molar-refractivity contribution >= 4 is 29.0 Å². The van der Waals surface area contributed by atoms with Gasteiger partial charge in [0.15, 0.2) is 5.71 Å². The van der Waals surface area contributed by atoms with Crippen LogP contribution in [-0.4, -0.2) is 48.0 Å². The van der Waals surface area contributed by atoms with Crippen LogP contribution in [0.1, 0.15) is 56.1 Å². The maximum absolute atomic E-state index is 13.0. The monoisotopic (exact) mass is 441 g/mol. The van der Waals surface area contributed by atoms with Crippen LogP contribution < -0.4 is 10.2 Å². The molecule has 0 aliphatic carbocycles. The smallest absolute Gasteiger partial charge is 0.339 e. The van der Waals surface area contributed by atoms with Gasteiger partial charge in [-0.25, -0.2) is 4.79 Å². The molecule has 1 amide bonds. The van der Waals surface area contributed by atoms with E-state index in [1.165, 1.54) is 25.3 Å². The molecule has 0 aromatic heterocycles. The first-order valence-corrected chi connectivity index (χ1v) is 10.4. The fourth-order valence-corrected chi connectivity index (χ4v) is 3.42. The first kappa shape index (κ1) is 24.7. The standard InChI is InChI=1S/C24H31N3O5/c1-7-27(8-2)19-12-9-15(13-18(19)24(3,4)5)21(26-32-6)22(29)25-16-10-11-17(23(30)31)20(28)14-16/h9-14,28H,7-8H2,1-6H3,(H,25,29)(H,30,31). The number of amides is 1. The van der Waals surface area contributed by atoms with Crippen molar-refractivity contribution in [2.75, 3.05) is 30.4 Å². The number of rotatable bonds is 8. The van der Waals surface area contributed by atoms with Gasteiger partial charge in [0.25, 0.3) is 5.91 Å². The van der Waals surface area contributed by atoms with Crippen LogP contribution in [0, 0.1) is 0 Å². The predicted octanol–water partition coefficient (Wildman–Crippen LogP) is 4.22. The van der Waals surface area contributed by atoms with Gasteiger partial charge in [-0.3, -0.25) is 4.79 Å². The Kier molecular flexibility index (Phi) is 7.86. The molecule has 0 unspecified atom stereocenters. The molecule has 2 aromatic carbocycles. The molecule has 32 heavy (non-hydrogen) atoms. The van der Waals surface area contributed by atoms with Gasteiger partial charge in [-0.1, -0.05) is 32.0 Å². The summed E-state index contributed by atoms with van der Waals surface area (Å²) in [5.74, 6) is -2.26. The fourth-order valence-electron chi connectivity index (χ4n) is 3.42. The average Bonchev–Trinajstić information content (AvgIpc) is 2.72. The molecule has 0 aliphatic heterocycles. The number of aromatic carboxylic acids is 1. The van der Waals surface area contributed by atoms with Crippen molar-refractivity contribution in [1.82, 2.24) is 0 Å². The lowest BCUT2D eigenvalue weighted by molar-refractivity contribution is -0.110. The van der Waals surface area contributed by atoms with Gasteiger partial charge in [-0.15, -0.1) is 0 Å². The molecular formula is C24H31N3O5. The number of anilines is 2. The number of nitrogens with one attached hydrogen (secondary N) is 1. The Morgan fingerprint density at radius 1 is 1.09 bits per heavy atom. The zero-order chi connectivity index (χ0) is 24.1. The molecule has 172 valence electrons. The minimum absolute atomic E-state index is 0.0610. The van der Waals surface area contributed by atoms with Crippen molar-refractivity contribution in [3.63, 3.8) is 0 Å². The molecule has 0 bridgehead atoms. The number of carbonyl (C=O) groups is 2. The number of benzene rings is 2. The summed E-state index contributed by atoms with van der Waals surface area (Å²) in [6, 6.07) is 9.54. The third kappa shape index (κ3) is 5.57. The first-order valence-electron chi connectivity index (χ1n) is 10.4. The number of carboxylic acid groups (broad SMARTS) is 1. The molecule has 0 saturated heterocycles. The molecule has 0 fully saturated rings. The van der Waals surface area contributed by atoms with Crippen LogP contribution in [-0.2, 0) is 15.0 Å². The van der Waals surface area contributed by atoms with E-state index in [1.807, 2.05) is 18.2 Å². The van der Waals surface area contributed by atoms with Gasteiger partial charge in [0.05, 0.1) is 0 Å². The maximum atomic E-state index is 13.0. The van der Waals surface area contributed by atoms with Crippen LogP contribution in [0.5, 0.6) is 5.75 Å². The number of nitrogens with zero attached hydrogens (tertiary/aromatic N) is 2. The van der Waals surface area contributed by atoms with Crippen LogP contribution in [0.4, 0.5) is 11.4 Å². The molecular weight excluding hydrogens is 410 g/mol. The third-order valence-electron chi connectivity index (χ3n) is 5.07. The number of carboxylic acids is 1. The SMILES string of the molecule is CCN(CC)c1ccc(C(=NOC)C(=O)Nc2ccc(C(=O)O)c(O)c2)cc1C(C)(C)C. The van der Waals surface area contributed by atoms with E-state index < -0.39 is 17.6 Å². The molecule has 2 rings (SSSR count). The molecule has 0 spiro atoms. The van der Waals surface area contributed by atoms with E-state index in [4.69, 9.17) is 9.94 Å². The van der Waals surface area contributed by atoms with Crippen molar-refractivity contribution in [1.29, 1.82) is 0 Å². The van der Waals surface area contributed by atoms with E-state index >= 15 is 0 Å². The summed E-state index contributed by atoms with van der Waals surface area (Å²) >= 11 is 0. The van der Waals surface area contributed by atoms with Gasteiger partial charge in [-0.2, -0.15) is 0 Å². The largest absolute Gasteiger partial charge is 0.507 e. The summed E-state index contributed by atoms with van der Waals surface area (Å²) in [4.78, 5) is 31.3. The summed E-state index contributed by atoms with van der Waals surface area (Å²) in [6.45, 7) is 12.2. The van der Waals surface area contributed by atoms with Crippen molar-refractivity contribution in [2.45, 2.75) is 40.0 Å². The van der Waals surface area contributed by atoms with Gasteiger partial charge in [0.2, 0.25) is 0 Å². The summed E-state index contributed by atoms with van der Waals surface area (Å²) in [5, 5.41) is 25.5. The van der Waals surface area contributed by atoms with Crippen LogP contribution >= 0.6 is 0 Å². The molecule has 0 heterocycles. The summed E-state index contributed by atoms with van der Waals surface area (Å²) in [5.41, 5.74) is 2.60. The van der Waals surface area contributed by atoms with E-state index in [0.29, 0.717) is 5.56 Å². The van der Waals surface area contributed by atoms with Crippen LogP contribution in [0.2, 0.25) is 0 Å². The molecule has 0 atom stereocenters. The molecule has 8 nitrogen and oxygen atoms in total. The molecule has 2 aromatic rings. The van der Waals surface area contributed by atoms with Gasteiger partial charge in [-0.05, 0) is 49.1 Å². The average molecular weight is 442 g/mol. The maximum Gasteiger partial charge on any atom is 0.339 e. The fraction of sp³-hybridized carbons (Fsp3) is 0.375. The van der Waals surface area contributed by atoms with E-state index in [0.717, 1.165) is 24.3 Å². The van der Waals surface area contributed by atoms with Gasteiger partial charge < -0.3 is 25.3 Å². The van der Waals surface area contributed by atoms with E-state index in [1.54, 1.807) is 0 Å². The number of oxime groups is 1. The quantitative estimate of drug-likeness (QED) is 0.418. The van der Waals surface area contributed by atoms with E-state index in [2.05, 4.69) is 50.0 Å². The summed E-state index contributed by atoms with van der Waals surface area (Å²) in [6.07, 6.45) is 0. The van der Waals surface area contributed by atoms with E-state index in [9.17, 15) is 14.7 Å². The lowest BCUT2D eigenvalue weighted by Gasteiger charge is -2.30. The second-order valence-electron chi connectivity index (χ2n) is 8.27. The van der Waals surface area contributed by atoms with Crippen molar-refractivity contribution < 1.29 is 24.6 Å². The molecule has 3 N–H and O–H groups in total. The summed E-state index contributed by atoms with van der Waals surface area (Å²) in [7, 11) is 1.36. The lowest BCUT2D eigenvalue weighted by atomic mass is 9.84. The highest BCUT2D eigenvalue weighted by Gasteiger charge is 2.24. The number of aromatic hydroxyl groups is 1. The number of hydrogen-bond donors (Lipinski definition) is 3. The molecule has 0 radical (unpaired) electrons. The van der Waals surface area contributed by atoms with Crippen molar-refractivity contribution in [3.05, 3.63) is 53.1 Å². The molecule has 8 heteroatoms. The Bertz CT molecular complexity index is 1020. The second kappa shape index (κ2) is 10.2. The highest BCUT2D eigenvalue weighted by atomic mass is 16.6. The number of phenols is 1. The van der Waals surface area contributed by atoms with Crippen LogP contribution in [0.25, 0.3) is 0 Å². The number of hydrogen-bond acceptors (Lipinski definition) is 6. The van der Waals surface area contributed by atoms with Crippen molar-refractivity contribution in [3.8, 4) is 5.75 Å². The Morgan fingerprint density at radius 2 is 1.75 bits per heavy atom. The predicted molar refractivity (Wildman–Crippen MR) is 126 cm³/mol. The molecule has 0 saturated carbocycles. The lowest BCUT2D eigenvalue weighted by Crippen LogP contribution is -2.28. The highest BCUT2D eigenvalue weighted by Crippen LogP contribution is 2.33. The van der Waals surface area contributed by atoms with E-state index in [-0.39, 0.29) is 22.4 Å². The molecule has 0 aliphatic rings. The first-order chi connectivity index (χ1) is 15.0.